The van der Waals surface area contributed by atoms with E-state index in [0.717, 1.165) is 19.3 Å². The highest BCUT2D eigenvalue weighted by atomic mass is 19.2. The van der Waals surface area contributed by atoms with Crippen molar-refractivity contribution in [2.45, 2.75) is 110 Å². The van der Waals surface area contributed by atoms with Gasteiger partial charge in [0.25, 0.3) is 0 Å². The molecular formula is C26H38F4O4. The molecule has 8 heteroatoms. The van der Waals surface area contributed by atoms with Crippen molar-refractivity contribution in [2.24, 2.45) is 0 Å². The maximum atomic E-state index is 13.5. The average molecular weight is 491 g/mol. The maximum absolute atomic E-state index is 13.5. The van der Waals surface area contributed by atoms with Crippen LogP contribution in [-0.2, 0) is 25.7 Å². The molecule has 0 aliphatic rings. The van der Waals surface area contributed by atoms with Crippen molar-refractivity contribution >= 4 is 11.9 Å². The fraction of sp³-hybridized carbons (Fsp3) is 0.692. The van der Waals surface area contributed by atoms with Gasteiger partial charge in [-0.2, -0.15) is 0 Å². The molecule has 0 saturated heterocycles. The Kier molecular flexibility index (Phi) is 16.0. The summed E-state index contributed by atoms with van der Waals surface area (Å²) in [6.45, 7) is 1.74. The molecule has 0 atom stereocenters. The predicted molar refractivity (Wildman–Crippen MR) is 122 cm³/mol. The number of hydrogen-bond acceptors (Lipinski definition) is 4. The molecule has 4 nitrogen and oxygen atoms in total. The highest BCUT2D eigenvalue weighted by Gasteiger charge is 2.20. The van der Waals surface area contributed by atoms with Gasteiger partial charge in [-0.15, -0.1) is 0 Å². The first-order chi connectivity index (χ1) is 16.4. The molecule has 0 unspecified atom stereocenters. The maximum Gasteiger partial charge on any atom is 0.306 e. The smallest absolute Gasteiger partial charge is 0.306 e. The van der Waals surface area contributed by atoms with E-state index in [2.05, 4.69) is 6.92 Å². The number of halogens is 4. The molecule has 0 aliphatic carbocycles. The molecular weight excluding hydrogens is 452 g/mol. The quantitative estimate of drug-likeness (QED) is 0.0655. The van der Waals surface area contributed by atoms with Crippen molar-refractivity contribution in [1.82, 2.24) is 0 Å². The van der Waals surface area contributed by atoms with E-state index in [1.165, 1.54) is 64.2 Å². The van der Waals surface area contributed by atoms with E-state index in [1.807, 2.05) is 0 Å². The van der Waals surface area contributed by atoms with Crippen molar-refractivity contribution < 1.29 is 36.6 Å². The van der Waals surface area contributed by atoms with Crippen LogP contribution >= 0.6 is 0 Å². The molecule has 0 spiro atoms. The molecule has 194 valence electrons. The summed E-state index contributed by atoms with van der Waals surface area (Å²) in [5.74, 6) is -8.52. The zero-order valence-corrected chi connectivity index (χ0v) is 20.2. The Morgan fingerprint density at radius 3 is 1.65 bits per heavy atom. The van der Waals surface area contributed by atoms with Crippen molar-refractivity contribution in [3.8, 4) is 0 Å². The zero-order chi connectivity index (χ0) is 25.2. The Morgan fingerprint density at radius 2 is 1.12 bits per heavy atom. The monoisotopic (exact) mass is 490 g/mol. The minimum atomic E-state index is -1.97. The Morgan fingerprint density at radius 1 is 0.647 bits per heavy atom. The third-order valence-corrected chi connectivity index (χ3v) is 5.61. The second-order valence-electron chi connectivity index (χ2n) is 8.58. The number of carbonyl (C=O) groups excluding carboxylic acids is 2. The molecule has 1 aromatic carbocycles. The normalized spacial score (nSPS) is 11.0. The summed E-state index contributed by atoms with van der Waals surface area (Å²) in [7, 11) is 0. The summed E-state index contributed by atoms with van der Waals surface area (Å²) in [4.78, 5) is 23.3. The van der Waals surface area contributed by atoms with Gasteiger partial charge in [0.05, 0.1) is 19.4 Å². The van der Waals surface area contributed by atoms with Crippen molar-refractivity contribution in [2.75, 3.05) is 6.61 Å². The van der Waals surface area contributed by atoms with E-state index in [4.69, 9.17) is 9.47 Å². The van der Waals surface area contributed by atoms with Crippen LogP contribution in [0.25, 0.3) is 0 Å². The van der Waals surface area contributed by atoms with E-state index >= 15 is 0 Å². The number of benzene rings is 1. The Hall–Kier alpha value is -2.12. The topological polar surface area (TPSA) is 52.6 Å². The third kappa shape index (κ3) is 12.9. The summed E-state index contributed by atoms with van der Waals surface area (Å²) < 4.78 is 62.5. The number of rotatable bonds is 19. The SMILES string of the molecule is CCCCCCCCCCCCCCCOC(=O)CCC(=O)OCc1cc(F)c(F)c(F)c1F. The summed E-state index contributed by atoms with van der Waals surface area (Å²) in [5.41, 5.74) is -0.630. The highest BCUT2D eigenvalue weighted by Crippen LogP contribution is 2.19. The van der Waals surface area contributed by atoms with Gasteiger partial charge in [-0.25, -0.2) is 17.6 Å². The second kappa shape index (κ2) is 18.2. The molecule has 0 aromatic heterocycles. The first-order valence-corrected chi connectivity index (χ1v) is 12.5. The van der Waals surface area contributed by atoms with Crippen LogP contribution in [0.3, 0.4) is 0 Å². The van der Waals surface area contributed by atoms with Gasteiger partial charge in [-0.05, 0) is 12.5 Å². The van der Waals surface area contributed by atoms with Crippen LogP contribution in [0.4, 0.5) is 17.6 Å². The molecule has 1 rings (SSSR count). The second-order valence-corrected chi connectivity index (χ2v) is 8.58. The lowest BCUT2D eigenvalue weighted by Crippen LogP contribution is -2.12. The Bertz CT molecular complexity index is 740. The van der Waals surface area contributed by atoms with Crippen LogP contribution in [0.5, 0.6) is 0 Å². The molecule has 0 aliphatic heterocycles. The summed E-state index contributed by atoms with van der Waals surface area (Å²) in [6.07, 6.45) is 15.3. The van der Waals surface area contributed by atoms with E-state index in [9.17, 15) is 27.2 Å². The first-order valence-electron chi connectivity index (χ1n) is 12.5. The number of hydrogen-bond donors (Lipinski definition) is 0. The molecule has 0 saturated carbocycles. The van der Waals surface area contributed by atoms with Crippen LogP contribution < -0.4 is 0 Å². The predicted octanol–water partition coefficient (Wildman–Crippen LogP) is 7.70. The molecule has 0 radical (unpaired) electrons. The molecule has 0 heterocycles. The summed E-state index contributed by atoms with van der Waals surface area (Å²) in [5, 5.41) is 0. The number of carbonyl (C=O) groups is 2. The fourth-order valence-corrected chi connectivity index (χ4v) is 3.54. The minimum absolute atomic E-state index is 0.216. The van der Waals surface area contributed by atoms with Gasteiger partial charge in [-0.1, -0.05) is 84.0 Å². The molecule has 1 aromatic rings. The van der Waals surface area contributed by atoms with E-state index in [-0.39, 0.29) is 19.4 Å². The van der Waals surface area contributed by atoms with E-state index < -0.39 is 47.4 Å². The van der Waals surface area contributed by atoms with Crippen LogP contribution in [0.1, 0.15) is 109 Å². The van der Waals surface area contributed by atoms with Gasteiger partial charge < -0.3 is 9.47 Å². The highest BCUT2D eigenvalue weighted by molar-refractivity contribution is 5.77. The summed E-state index contributed by atoms with van der Waals surface area (Å²) >= 11 is 0. The van der Waals surface area contributed by atoms with Crippen molar-refractivity contribution in [3.63, 3.8) is 0 Å². The largest absolute Gasteiger partial charge is 0.466 e. The fourth-order valence-electron chi connectivity index (χ4n) is 3.54. The summed E-state index contributed by atoms with van der Waals surface area (Å²) in [6, 6.07) is 0.422. The van der Waals surface area contributed by atoms with E-state index in [1.54, 1.807) is 0 Å². The van der Waals surface area contributed by atoms with Gasteiger partial charge in [0.2, 0.25) is 0 Å². The first kappa shape index (κ1) is 29.9. The van der Waals surface area contributed by atoms with Crippen molar-refractivity contribution in [3.05, 3.63) is 34.9 Å². The van der Waals surface area contributed by atoms with E-state index in [0.29, 0.717) is 6.07 Å². The number of esters is 2. The minimum Gasteiger partial charge on any atom is -0.466 e. The Labute approximate surface area is 200 Å². The lowest BCUT2D eigenvalue weighted by molar-refractivity contribution is -0.151. The van der Waals surface area contributed by atoms with Gasteiger partial charge in [0.1, 0.15) is 6.61 Å². The standard InChI is InChI=1S/C26H38F4O4/c1-2-3-4-5-6-7-8-9-10-11-12-13-14-17-33-22(31)15-16-23(32)34-19-20-18-21(27)25(29)26(30)24(20)28/h18H,2-17,19H2,1H3. The van der Waals surface area contributed by atoms with Gasteiger partial charge in [-0.3, -0.25) is 9.59 Å². The lowest BCUT2D eigenvalue weighted by Gasteiger charge is -2.08. The molecule has 0 fully saturated rings. The molecule has 0 N–H and O–H groups in total. The van der Waals surface area contributed by atoms with Crippen molar-refractivity contribution in [1.29, 1.82) is 0 Å². The zero-order valence-electron chi connectivity index (χ0n) is 20.2. The third-order valence-electron chi connectivity index (χ3n) is 5.61. The number of ether oxygens (including phenoxy) is 2. The van der Waals surface area contributed by atoms with Crippen LogP contribution in [0, 0.1) is 23.3 Å². The molecule has 34 heavy (non-hydrogen) atoms. The molecule has 0 bridgehead atoms. The van der Waals surface area contributed by atoms with Crippen LogP contribution in [0.15, 0.2) is 6.07 Å². The lowest BCUT2D eigenvalue weighted by atomic mass is 10.0. The van der Waals surface area contributed by atoms with Gasteiger partial charge >= 0.3 is 11.9 Å². The Balaban J connectivity index is 1.99. The number of unbranched alkanes of at least 4 members (excludes halogenated alkanes) is 12. The van der Waals surface area contributed by atoms with Gasteiger partial charge in [0, 0.05) is 5.56 Å². The van der Waals surface area contributed by atoms with Gasteiger partial charge in [0.15, 0.2) is 23.3 Å². The van der Waals surface area contributed by atoms with Crippen LogP contribution in [-0.4, -0.2) is 18.5 Å². The van der Waals surface area contributed by atoms with Crippen LogP contribution in [0.2, 0.25) is 0 Å². The average Bonchev–Trinajstić information content (AvgIpc) is 2.83. The molecule has 0 amide bonds.